The summed E-state index contributed by atoms with van der Waals surface area (Å²) >= 11 is 0. The Bertz CT molecular complexity index is 635. The summed E-state index contributed by atoms with van der Waals surface area (Å²) in [5.74, 6) is 0.0970. The van der Waals surface area contributed by atoms with Crippen molar-refractivity contribution in [2.75, 3.05) is 0 Å². The highest BCUT2D eigenvalue weighted by atomic mass is 19.1. The molecule has 0 spiro atoms. The van der Waals surface area contributed by atoms with Gasteiger partial charge >= 0.3 is 0 Å². The summed E-state index contributed by atoms with van der Waals surface area (Å²) in [5.41, 5.74) is 4.38. The van der Waals surface area contributed by atoms with Crippen molar-refractivity contribution in [1.82, 2.24) is 0 Å². The maximum atomic E-state index is 13.1. The molecule has 0 unspecified atom stereocenters. The number of carbonyl (C=O) groups excluding carboxylic acids is 1. The van der Waals surface area contributed by atoms with Crippen LogP contribution in [0.1, 0.15) is 22.3 Å². The van der Waals surface area contributed by atoms with Crippen LogP contribution in [0.2, 0.25) is 0 Å². The average Bonchev–Trinajstić information content (AvgIpc) is 2.86. The minimum absolute atomic E-state index is 0.0804. The van der Waals surface area contributed by atoms with Crippen LogP contribution in [0.15, 0.2) is 42.5 Å². The number of carbonyl (C=O) groups is 1. The Morgan fingerprint density at radius 3 is 2.40 bits per heavy atom. The lowest BCUT2D eigenvalue weighted by Gasteiger charge is -2.10. The molecule has 2 aromatic carbocycles. The van der Waals surface area contributed by atoms with Gasteiger partial charge in [-0.15, -0.1) is 0 Å². The molecular weight excluding hydrogens is 251 g/mol. The number of Topliss-reactive ketones (excluding diaryl/α,β-unsaturated/α-hetero) is 1. The van der Waals surface area contributed by atoms with E-state index in [9.17, 15) is 9.18 Å². The molecule has 0 atom stereocenters. The average molecular weight is 268 g/mol. The van der Waals surface area contributed by atoms with E-state index in [2.05, 4.69) is 12.1 Å². The normalized spacial score (nSPS) is 14.3. The van der Waals surface area contributed by atoms with Crippen molar-refractivity contribution in [3.05, 3.63) is 70.5 Å². The molecule has 1 nitrogen and oxygen atoms in total. The molecule has 2 heteroatoms. The van der Waals surface area contributed by atoms with Crippen molar-refractivity contribution >= 4 is 5.78 Å². The lowest BCUT2D eigenvalue weighted by Crippen LogP contribution is -2.17. The van der Waals surface area contributed by atoms with Crippen molar-refractivity contribution in [3.63, 3.8) is 0 Å². The smallest absolute Gasteiger partial charge is 0.141 e. The molecule has 0 amide bonds. The highest BCUT2D eigenvalue weighted by Crippen LogP contribution is 2.28. The van der Waals surface area contributed by atoms with Crippen molar-refractivity contribution < 1.29 is 9.18 Å². The van der Waals surface area contributed by atoms with E-state index in [0.717, 1.165) is 24.0 Å². The van der Waals surface area contributed by atoms with Gasteiger partial charge in [-0.05, 0) is 54.2 Å². The zero-order valence-corrected chi connectivity index (χ0v) is 11.5. The number of aryl methyl sites for hydroxylation is 1. The fourth-order valence-corrected chi connectivity index (χ4v) is 2.98. The summed E-state index contributed by atoms with van der Waals surface area (Å²) in [6, 6.07) is 12.9. The summed E-state index contributed by atoms with van der Waals surface area (Å²) in [5, 5.41) is 0. The van der Waals surface area contributed by atoms with Gasteiger partial charge in [-0.1, -0.05) is 30.3 Å². The van der Waals surface area contributed by atoms with Gasteiger partial charge in [-0.3, -0.25) is 4.79 Å². The Hall–Kier alpha value is -1.96. The molecule has 1 aliphatic rings. The topological polar surface area (TPSA) is 17.1 Å². The minimum atomic E-state index is -0.244. The van der Waals surface area contributed by atoms with Crippen molar-refractivity contribution in [2.24, 2.45) is 5.92 Å². The summed E-state index contributed by atoms with van der Waals surface area (Å²) in [6.45, 7) is 1.86. The second-order valence-electron chi connectivity index (χ2n) is 5.59. The highest BCUT2D eigenvalue weighted by molar-refractivity contribution is 5.84. The molecule has 0 aliphatic heterocycles. The molecule has 3 rings (SSSR count). The van der Waals surface area contributed by atoms with Crippen LogP contribution in [0.4, 0.5) is 4.39 Å². The number of halogens is 1. The third-order valence-electron chi connectivity index (χ3n) is 4.18. The molecule has 0 aromatic heterocycles. The largest absolute Gasteiger partial charge is 0.299 e. The van der Waals surface area contributed by atoms with Crippen molar-refractivity contribution in [1.29, 1.82) is 0 Å². The third kappa shape index (κ3) is 2.51. The lowest BCUT2D eigenvalue weighted by molar-refractivity contribution is -0.121. The van der Waals surface area contributed by atoms with E-state index in [-0.39, 0.29) is 17.5 Å². The first kappa shape index (κ1) is 13.0. The van der Waals surface area contributed by atoms with Crippen LogP contribution in [0, 0.1) is 18.7 Å². The van der Waals surface area contributed by atoms with Gasteiger partial charge in [-0.25, -0.2) is 4.39 Å². The standard InChI is InChI=1S/C18H17FO/c1-12-8-17(19)7-6-13(12)11-18(20)16-9-14-4-2-3-5-15(14)10-16/h2-8,16H,9-11H2,1H3. The van der Waals surface area contributed by atoms with Crippen LogP contribution in [0.5, 0.6) is 0 Å². The fraction of sp³-hybridized carbons (Fsp3) is 0.278. The lowest BCUT2D eigenvalue weighted by atomic mass is 9.93. The molecule has 1 aliphatic carbocycles. The molecule has 20 heavy (non-hydrogen) atoms. The predicted molar refractivity (Wildman–Crippen MR) is 77.2 cm³/mol. The molecule has 102 valence electrons. The van der Waals surface area contributed by atoms with Crippen LogP contribution in [0.25, 0.3) is 0 Å². The molecule has 0 radical (unpaired) electrons. The molecule has 2 aromatic rings. The Morgan fingerprint density at radius 1 is 1.15 bits per heavy atom. The van der Waals surface area contributed by atoms with Crippen LogP contribution >= 0.6 is 0 Å². The number of hydrogen-bond donors (Lipinski definition) is 0. The van der Waals surface area contributed by atoms with Gasteiger partial charge in [0.05, 0.1) is 0 Å². The van der Waals surface area contributed by atoms with Gasteiger partial charge in [0, 0.05) is 12.3 Å². The number of ketones is 1. The SMILES string of the molecule is Cc1cc(F)ccc1CC(=O)C1Cc2ccccc2C1. The first-order valence-corrected chi connectivity index (χ1v) is 6.98. The van der Waals surface area contributed by atoms with Gasteiger partial charge in [0.2, 0.25) is 0 Å². The second kappa shape index (κ2) is 5.20. The fourth-order valence-electron chi connectivity index (χ4n) is 2.98. The molecule has 0 fully saturated rings. The van der Waals surface area contributed by atoms with Crippen LogP contribution in [-0.4, -0.2) is 5.78 Å². The molecule has 0 saturated heterocycles. The molecule has 0 saturated carbocycles. The number of hydrogen-bond acceptors (Lipinski definition) is 1. The van der Waals surface area contributed by atoms with Gasteiger partial charge in [0.25, 0.3) is 0 Å². The van der Waals surface area contributed by atoms with E-state index >= 15 is 0 Å². The van der Waals surface area contributed by atoms with E-state index in [1.165, 1.54) is 23.3 Å². The van der Waals surface area contributed by atoms with E-state index < -0.39 is 0 Å². The first-order chi connectivity index (χ1) is 9.63. The van der Waals surface area contributed by atoms with Crippen LogP contribution < -0.4 is 0 Å². The van der Waals surface area contributed by atoms with E-state index in [0.29, 0.717) is 6.42 Å². The minimum Gasteiger partial charge on any atom is -0.299 e. The Balaban J connectivity index is 1.72. The zero-order chi connectivity index (χ0) is 14.1. The quantitative estimate of drug-likeness (QED) is 0.830. The Morgan fingerprint density at radius 2 is 1.80 bits per heavy atom. The summed E-state index contributed by atoms with van der Waals surface area (Å²) in [7, 11) is 0. The maximum absolute atomic E-state index is 13.1. The van der Waals surface area contributed by atoms with E-state index in [4.69, 9.17) is 0 Å². The van der Waals surface area contributed by atoms with Gasteiger partial charge < -0.3 is 0 Å². The molecule has 0 heterocycles. The highest BCUT2D eigenvalue weighted by Gasteiger charge is 2.26. The monoisotopic (exact) mass is 268 g/mol. The van der Waals surface area contributed by atoms with Crippen molar-refractivity contribution in [3.8, 4) is 0 Å². The molecule has 0 N–H and O–H groups in total. The first-order valence-electron chi connectivity index (χ1n) is 6.98. The van der Waals surface area contributed by atoms with Gasteiger partial charge in [-0.2, -0.15) is 0 Å². The Kier molecular flexibility index (Phi) is 3.39. The molecule has 0 bridgehead atoms. The predicted octanol–water partition coefficient (Wildman–Crippen LogP) is 3.66. The Labute approximate surface area is 118 Å². The number of benzene rings is 2. The summed E-state index contributed by atoms with van der Waals surface area (Å²) < 4.78 is 13.1. The molecular formula is C18H17FO. The zero-order valence-electron chi connectivity index (χ0n) is 11.5. The third-order valence-corrected chi connectivity index (χ3v) is 4.18. The van der Waals surface area contributed by atoms with Gasteiger partial charge in [0.1, 0.15) is 11.6 Å². The number of fused-ring (bicyclic) bond motifs is 1. The van der Waals surface area contributed by atoms with E-state index in [1.807, 2.05) is 19.1 Å². The van der Waals surface area contributed by atoms with Gasteiger partial charge in [0.15, 0.2) is 0 Å². The summed E-state index contributed by atoms with van der Waals surface area (Å²) in [4.78, 5) is 12.4. The summed E-state index contributed by atoms with van der Waals surface area (Å²) in [6.07, 6.45) is 2.09. The number of rotatable bonds is 3. The van der Waals surface area contributed by atoms with E-state index in [1.54, 1.807) is 6.07 Å². The van der Waals surface area contributed by atoms with Crippen molar-refractivity contribution in [2.45, 2.75) is 26.2 Å². The van der Waals surface area contributed by atoms with Crippen LogP contribution in [0.3, 0.4) is 0 Å². The second-order valence-corrected chi connectivity index (χ2v) is 5.59. The van der Waals surface area contributed by atoms with Crippen LogP contribution in [-0.2, 0) is 24.1 Å². The maximum Gasteiger partial charge on any atom is 0.141 e.